The molecule has 0 aliphatic carbocycles. The normalized spacial score (nSPS) is 11.1. The average molecular weight is 265 g/mol. The number of hydrogen-bond acceptors (Lipinski definition) is 1. The summed E-state index contributed by atoms with van der Waals surface area (Å²) in [6.07, 6.45) is 0.892. The van der Waals surface area contributed by atoms with E-state index in [0.717, 1.165) is 17.7 Å². The highest BCUT2D eigenvalue weighted by Crippen LogP contribution is 2.10. The Morgan fingerprint density at radius 2 is 1.94 bits per heavy atom. The molecule has 0 bridgehead atoms. The van der Waals surface area contributed by atoms with E-state index in [1.807, 2.05) is 24.3 Å². The molecule has 0 amide bonds. The predicted octanol–water partition coefficient (Wildman–Crippen LogP) is 3.08. The van der Waals surface area contributed by atoms with Crippen LogP contribution in [0.5, 0.6) is 0 Å². The van der Waals surface area contributed by atoms with Crippen LogP contribution in [0.1, 0.15) is 25.1 Å². The first-order valence-corrected chi connectivity index (χ1v) is 6.45. The summed E-state index contributed by atoms with van der Waals surface area (Å²) in [6, 6.07) is 9.20. The van der Waals surface area contributed by atoms with Gasteiger partial charge in [-0.2, -0.15) is 0 Å². The van der Waals surface area contributed by atoms with Gasteiger partial charge in [0.2, 0.25) is 0 Å². The zero-order valence-corrected chi connectivity index (χ0v) is 11.4. The molecule has 4 heteroatoms. The minimum absolute atomic E-state index is 0.0144. The largest absolute Gasteiger partial charge is 0.299 e. The number of nitrogens with one attached hydrogen (secondary N) is 1. The van der Waals surface area contributed by atoms with Crippen LogP contribution in [-0.2, 0) is 13.0 Å². The van der Waals surface area contributed by atoms with Crippen molar-refractivity contribution >= 4 is 11.6 Å². The molecule has 0 fully saturated rings. The summed E-state index contributed by atoms with van der Waals surface area (Å²) in [4.78, 5) is 11.8. The van der Waals surface area contributed by atoms with E-state index in [2.05, 4.69) is 18.9 Å². The predicted molar refractivity (Wildman–Crippen MR) is 74.1 cm³/mol. The highest BCUT2D eigenvalue weighted by atomic mass is 35.5. The first-order chi connectivity index (χ1) is 8.54. The number of rotatable bonds is 4. The van der Waals surface area contributed by atoms with Gasteiger partial charge >= 0.3 is 0 Å². The lowest BCUT2D eigenvalue weighted by Gasteiger charge is -2.04. The second-order valence-electron chi connectivity index (χ2n) is 4.93. The molecule has 0 aliphatic heterocycles. The van der Waals surface area contributed by atoms with Gasteiger partial charge in [0.15, 0.2) is 0 Å². The van der Waals surface area contributed by atoms with E-state index in [9.17, 15) is 4.79 Å². The molecule has 0 atom stereocenters. The lowest BCUT2D eigenvalue weighted by molar-refractivity contribution is 0.602. The second-order valence-corrected chi connectivity index (χ2v) is 5.37. The summed E-state index contributed by atoms with van der Waals surface area (Å²) < 4.78 is 1.63. The van der Waals surface area contributed by atoms with Crippen molar-refractivity contribution in [2.75, 3.05) is 0 Å². The Kier molecular flexibility index (Phi) is 3.92. The number of benzene rings is 1. The molecule has 2 rings (SSSR count). The molecule has 0 aliphatic rings. The van der Waals surface area contributed by atoms with Gasteiger partial charge in [-0.15, -0.1) is 0 Å². The summed E-state index contributed by atoms with van der Waals surface area (Å²) in [5.41, 5.74) is 2.06. The van der Waals surface area contributed by atoms with Crippen LogP contribution in [-0.4, -0.2) is 9.78 Å². The summed E-state index contributed by atoms with van der Waals surface area (Å²) in [5, 5.41) is 3.85. The fourth-order valence-electron chi connectivity index (χ4n) is 1.92. The monoisotopic (exact) mass is 264 g/mol. The van der Waals surface area contributed by atoms with E-state index < -0.39 is 0 Å². The lowest BCUT2D eigenvalue weighted by atomic mass is 10.1. The van der Waals surface area contributed by atoms with Crippen molar-refractivity contribution in [2.24, 2.45) is 5.92 Å². The summed E-state index contributed by atoms with van der Waals surface area (Å²) >= 11 is 5.83. The standard InChI is InChI=1S/C14H17ClN2O/c1-10(2)7-13-8-14(18)17(16-13)9-11-3-5-12(15)6-4-11/h3-6,8,10,16H,7,9H2,1-2H3. The van der Waals surface area contributed by atoms with Gasteiger partial charge in [0.1, 0.15) is 0 Å². The van der Waals surface area contributed by atoms with E-state index in [1.54, 1.807) is 10.7 Å². The molecule has 18 heavy (non-hydrogen) atoms. The number of hydrogen-bond donors (Lipinski definition) is 1. The van der Waals surface area contributed by atoms with Crippen molar-refractivity contribution in [1.82, 2.24) is 9.78 Å². The van der Waals surface area contributed by atoms with Gasteiger partial charge in [-0.05, 0) is 30.0 Å². The van der Waals surface area contributed by atoms with E-state index in [0.29, 0.717) is 17.5 Å². The van der Waals surface area contributed by atoms with Crippen molar-refractivity contribution in [3.63, 3.8) is 0 Å². The van der Waals surface area contributed by atoms with Crippen LogP contribution in [0.2, 0.25) is 5.02 Å². The van der Waals surface area contributed by atoms with Crippen molar-refractivity contribution in [3.05, 3.63) is 57.0 Å². The number of aromatic nitrogens is 2. The van der Waals surface area contributed by atoms with E-state index in [4.69, 9.17) is 11.6 Å². The van der Waals surface area contributed by atoms with E-state index >= 15 is 0 Å². The highest BCUT2D eigenvalue weighted by Gasteiger charge is 2.05. The Labute approximate surface area is 111 Å². The Balaban J connectivity index is 2.16. The SMILES string of the molecule is CC(C)Cc1cc(=O)n(Cc2ccc(Cl)cc2)[nH]1. The maximum absolute atomic E-state index is 11.8. The first-order valence-electron chi connectivity index (χ1n) is 6.08. The van der Waals surface area contributed by atoms with Crippen molar-refractivity contribution in [2.45, 2.75) is 26.8 Å². The molecule has 1 heterocycles. The van der Waals surface area contributed by atoms with E-state index in [-0.39, 0.29) is 5.56 Å². The lowest BCUT2D eigenvalue weighted by Crippen LogP contribution is -2.16. The quantitative estimate of drug-likeness (QED) is 0.905. The van der Waals surface area contributed by atoms with Crippen molar-refractivity contribution in [3.8, 4) is 0 Å². The maximum atomic E-state index is 11.8. The van der Waals surface area contributed by atoms with Gasteiger partial charge < -0.3 is 0 Å². The molecular weight excluding hydrogens is 248 g/mol. The van der Waals surface area contributed by atoms with Gasteiger partial charge in [0.25, 0.3) is 5.56 Å². The second kappa shape index (κ2) is 5.44. The molecule has 0 unspecified atom stereocenters. The fourth-order valence-corrected chi connectivity index (χ4v) is 2.05. The van der Waals surface area contributed by atoms with Crippen LogP contribution < -0.4 is 5.56 Å². The van der Waals surface area contributed by atoms with Gasteiger partial charge in [-0.25, -0.2) is 4.68 Å². The molecule has 0 spiro atoms. The number of aromatic amines is 1. The van der Waals surface area contributed by atoms with E-state index in [1.165, 1.54) is 0 Å². The molecule has 1 N–H and O–H groups in total. The molecule has 1 aromatic heterocycles. The third kappa shape index (κ3) is 3.26. The minimum Gasteiger partial charge on any atom is -0.299 e. The molecule has 1 aromatic carbocycles. The molecule has 3 nitrogen and oxygen atoms in total. The third-order valence-corrected chi connectivity index (χ3v) is 2.98. The average Bonchev–Trinajstić information content (AvgIpc) is 2.61. The zero-order chi connectivity index (χ0) is 13.1. The van der Waals surface area contributed by atoms with Crippen LogP contribution in [0.25, 0.3) is 0 Å². The van der Waals surface area contributed by atoms with Crippen LogP contribution in [0.3, 0.4) is 0 Å². The van der Waals surface area contributed by atoms with Crippen LogP contribution in [0.4, 0.5) is 0 Å². The molecule has 0 radical (unpaired) electrons. The molecule has 0 saturated carbocycles. The number of halogens is 1. The molecule has 0 saturated heterocycles. The van der Waals surface area contributed by atoms with Gasteiger partial charge in [0.05, 0.1) is 6.54 Å². The first kappa shape index (κ1) is 13.0. The number of H-pyrrole nitrogens is 1. The van der Waals surface area contributed by atoms with Crippen LogP contribution in [0.15, 0.2) is 35.1 Å². The fraction of sp³-hybridized carbons (Fsp3) is 0.357. The number of nitrogens with zero attached hydrogens (tertiary/aromatic N) is 1. The highest BCUT2D eigenvalue weighted by molar-refractivity contribution is 6.30. The molecule has 2 aromatic rings. The summed E-state index contributed by atoms with van der Waals surface area (Å²) in [6.45, 7) is 4.82. The molecular formula is C14H17ClN2O. The Bertz CT molecular complexity index is 566. The Hall–Kier alpha value is -1.48. The minimum atomic E-state index is 0.0144. The maximum Gasteiger partial charge on any atom is 0.267 e. The zero-order valence-electron chi connectivity index (χ0n) is 10.6. The van der Waals surface area contributed by atoms with Crippen LogP contribution >= 0.6 is 11.6 Å². The van der Waals surface area contributed by atoms with Gasteiger partial charge in [-0.3, -0.25) is 9.89 Å². The van der Waals surface area contributed by atoms with Gasteiger partial charge in [0, 0.05) is 16.8 Å². The molecule has 96 valence electrons. The van der Waals surface area contributed by atoms with Gasteiger partial charge in [-0.1, -0.05) is 37.6 Å². The van der Waals surface area contributed by atoms with Crippen LogP contribution in [0, 0.1) is 5.92 Å². The Morgan fingerprint density at radius 3 is 2.56 bits per heavy atom. The smallest absolute Gasteiger partial charge is 0.267 e. The third-order valence-electron chi connectivity index (χ3n) is 2.72. The topological polar surface area (TPSA) is 37.8 Å². The summed E-state index contributed by atoms with van der Waals surface area (Å²) in [5.74, 6) is 0.534. The summed E-state index contributed by atoms with van der Waals surface area (Å²) in [7, 11) is 0. The van der Waals surface area contributed by atoms with Crippen molar-refractivity contribution in [1.29, 1.82) is 0 Å². The Morgan fingerprint density at radius 1 is 1.28 bits per heavy atom. The van der Waals surface area contributed by atoms with Crippen molar-refractivity contribution < 1.29 is 0 Å².